The molecule has 6 heteroatoms. The molecule has 23 heavy (non-hydrogen) atoms. The number of amides is 1. The lowest BCUT2D eigenvalue weighted by molar-refractivity contribution is -0.119. The number of thioether (sulfide) groups is 1. The van der Waals surface area contributed by atoms with Crippen molar-refractivity contribution in [3.8, 4) is 5.75 Å². The number of rotatable bonds is 6. The molecule has 0 atom stereocenters. The summed E-state index contributed by atoms with van der Waals surface area (Å²) < 4.78 is 10.1. The van der Waals surface area contributed by atoms with Gasteiger partial charge in [-0.1, -0.05) is 6.07 Å². The number of methoxy groups -OCH3 is 1. The monoisotopic (exact) mass is 331 g/mol. The predicted molar refractivity (Wildman–Crippen MR) is 90.1 cm³/mol. The Morgan fingerprint density at radius 1 is 1.13 bits per heavy atom. The van der Waals surface area contributed by atoms with Crippen LogP contribution in [0, 0.1) is 0 Å². The molecule has 2 aromatic carbocycles. The summed E-state index contributed by atoms with van der Waals surface area (Å²) in [4.78, 5) is 24.7. The second kappa shape index (κ2) is 8.24. The number of esters is 1. The number of benzene rings is 2. The molecule has 1 N–H and O–H groups in total. The maximum atomic E-state index is 11.9. The minimum Gasteiger partial charge on any atom is -0.497 e. The third kappa shape index (κ3) is 5.03. The van der Waals surface area contributed by atoms with E-state index in [9.17, 15) is 9.59 Å². The summed E-state index contributed by atoms with van der Waals surface area (Å²) in [5.74, 6) is -0.306. The van der Waals surface area contributed by atoms with E-state index in [1.165, 1.54) is 0 Å². The van der Waals surface area contributed by atoms with Gasteiger partial charge in [-0.2, -0.15) is 0 Å². The van der Waals surface area contributed by atoms with Gasteiger partial charge in [-0.25, -0.2) is 4.79 Å². The molecule has 0 aliphatic heterocycles. The Labute approximate surface area is 139 Å². The van der Waals surface area contributed by atoms with Crippen molar-refractivity contribution in [3.05, 3.63) is 54.1 Å². The fourth-order valence-electron chi connectivity index (χ4n) is 1.84. The molecule has 0 saturated heterocycles. The standard InChI is InChI=1S/C17H17NO4S/c1-21-14-5-3-4-13(10-14)18-16(19)11-22-17(20)12-6-8-15(23-2)9-7-12/h3-10H,11H2,1-2H3,(H,18,19). The Balaban J connectivity index is 1.86. The zero-order valence-corrected chi connectivity index (χ0v) is 13.7. The van der Waals surface area contributed by atoms with Crippen molar-refractivity contribution in [3.63, 3.8) is 0 Å². The van der Waals surface area contributed by atoms with Crippen LogP contribution in [0.5, 0.6) is 5.75 Å². The first-order valence-corrected chi connectivity index (χ1v) is 8.10. The molecular weight excluding hydrogens is 314 g/mol. The van der Waals surface area contributed by atoms with Crippen LogP contribution in [0.1, 0.15) is 10.4 Å². The van der Waals surface area contributed by atoms with Crippen LogP contribution in [0.4, 0.5) is 5.69 Å². The molecule has 5 nitrogen and oxygen atoms in total. The van der Waals surface area contributed by atoms with Crippen molar-refractivity contribution < 1.29 is 19.1 Å². The highest BCUT2D eigenvalue weighted by Gasteiger charge is 2.10. The van der Waals surface area contributed by atoms with E-state index in [0.29, 0.717) is 17.0 Å². The molecule has 1 amide bonds. The van der Waals surface area contributed by atoms with E-state index >= 15 is 0 Å². The number of hydrogen-bond acceptors (Lipinski definition) is 5. The Morgan fingerprint density at radius 3 is 2.52 bits per heavy atom. The smallest absolute Gasteiger partial charge is 0.338 e. The van der Waals surface area contributed by atoms with Crippen LogP contribution in [-0.4, -0.2) is 31.8 Å². The van der Waals surface area contributed by atoms with Gasteiger partial charge in [0.2, 0.25) is 0 Å². The maximum Gasteiger partial charge on any atom is 0.338 e. The molecule has 2 aromatic rings. The first kappa shape index (κ1) is 16.9. The van der Waals surface area contributed by atoms with Crippen molar-refractivity contribution in [1.82, 2.24) is 0 Å². The predicted octanol–water partition coefficient (Wildman–Crippen LogP) is 3.21. The number of hydrogen-bond donors (Lipinski definition) is 1. The lowest BCUT2D eigenvalue weighted by atomic mass is 10.2. The average molecular weight is 331 g/mol. The van der Waals surface area contributed by atoms with Crippen LogP contribution in [0.25, 0.3) is 0 Å². The summed E-state index contributed by atoms with van der Waals surface area (Å²) in [7, 11) is 1.55. The fourth-order valence-corrected chi connectivity index (χ4v) is 2.25. The van der Waals surface area contributed by atoms with Crippen LogP contribution in [0.2, 0.25) is 0 Å². The van der Waals surface area contributed by atoms with Crippen LogP contribution < -0.4 is 10.1 Å². The molecule has 0 unspecified atom stereocenters. The summed E-state index contributed by atoms with van der Waals surface area (Å²) in [6, 6.07) is 13.9. The number of nitrogens with one attached hydrogen (secondary N) is 1. The number of anilines is 1. The molecule has 0 aromatic heterocycles. The highest BCUT2D eigenvalue weighted by atomic mass is 32.2. The fraction of sp³-hybridized carbons (Fsp3) is 0.176. The lowest BCUT2D eigenvalue weighted by Gasteiger charge is -2.08. The average Bonchev–Trinajstić information content (AvgIpc) is 2.60. The molecule has 120 valence electrons. The quantitative estimate of drug-likeness (QED) is 0.650. The van der Waals surface area contributed by atoms with Gasteiger partial charge in [0.15, 0.2) is 6.61 Å². The van der Waals surface area contributed by atoms with Gasteiger partial charge in [0.25, 0.3) is 5.91 Å². The minimum atomic E-state index is -0.529. The molecule has 0 spiro atoms. The summed E-state index contributed by atoms with van der Waals surface area (Å²) in [6.07, 6.45) is 1.95. The number of carbonyl (C=O) groups is 2. The first-order chi connectivity index (χ1) is 11.1. The van der Waals surface area contributed by atoms with E-state index in [0.717, 1.165) is 4.90 Å². The van der Waals surface area contributed by atoms with E-state index in [-0.39, 0.29) is 6.61 Å². The van der Waals surface area contributed by atoms with E-state index in [1.54, 1.807) is 55.3 Å². The van der Waals surface area contributed by atoms with E-state index in [1.807, 2.05) is 18.4 Å². The lowest BCUT2D eigenvalue weighted by Crippen LogP contribution is -2.20. The van der Waals surface area contributed by atoms with E-state index < -0.39 is 11.9 Å². The zero-order valence-electron chi connectivity index (χ0n) is 12.9. The second-order valence-electron chi connectivity index (χ2n) is 4.58. The van der Waals surface area contributed by atoms with Gasteiger partial charge < -0.3 is 14.8 Å². The molecule has 2 rings (SSSR count). The normalized spacial score (nSPS) is 10.0. The molecule has 0 bridgehead atoms. The van der Waals surface area contributed by atoms with Crippen molar-refractivity contribution in [2.45, 2.75) is 4.90 Å². The molecule has 0 fully saturated rings. The van der Waals surface area contributed by atoms with Crippen molar-refractivity contribution in [2.24, 2.45) is 0 Å². The topological polar surface area (TPSA) is 64.6 Å². The van der Waals surface area contributed by atoms with Crippen LogP contribution in [-0.2, 0) is 9.53 Å². The highest BCUT2D eigenvalue weighted by Crippen LogP contribution is 2.17. The summed E-state index contributed by atoms with van der Waals surface area (Å²) in [6.45, 7) is -0.347. The zero-order chi connectivity index (χ0) is 16.7. The molecule has 0 heterocycles. The summed E-state index contributed by atoms with van der Waals surface area (Å²) in [5, 5.41) is 2.64. The Hall–Kier alpha value is -2.47. The molecule has 0 aliphatic carbocycles. The number of ether oxygens (including phenoxy) is 2. The molecule has 0 aliphatic rings. The summed E-state index contributed by atoms with van der Waals surface area (Å²) in [5.41, 5.74) is 0.992. The van der Waals surface area contributed by atoms with Gasteiger partial charge in [-0.15, -0.1) is 11.8 Å². The van der Waals surface area contributed by atoms with Crippen LogP contribution in [0.3, 0.4) is 0 Å². The SMILES string of the molecule is COc1cccc(NC(=O)COC(=O)c2ccc(SC)cc2)c1. The van der Waals surface area contributed by atoms with Gasteiger partial charge in [0.05, 0.1) is 12.7 Å². The van der Waals surface area contributed by atoms with Crippen molar-refractivity contribution >= 4 is 29.3 Å². The highest BCUT2D eigenvalue weighted by molar-refractivity contribution is 7.98. The van der Waals surface area contributed by atoms with Crippen molar-refractivity contribution in [1.29, 1.82) is 0 Å². The third-order valence-electron chi connectivity index (χ3n) is 3.01. The maximum absolute atomic E-state index is 11.9. The number of carbonyl (C=O) groups excluding carboxylic acids is 2. The largest absolute Gasteiger partial charge is 0.497 e. The van der Waals surface area contributed by atoms with Gasteiger partial charge in [0.1, 0.15) is 5.75 Å². The van der Waals surface area contributed by atoms with Gasteiger partial charge in [-0.05, 0) is 42.7 Å². The van der Waals surface area contributed by atoms with Crippen LogP contribution in [0.15, 0.2) is 53.4 Å². The van der Waals surface area contributed by atoms with Crippen LogP contribution >= 0.6 is 11.8 Å². The molecule has 0 radical (unpaired) electrons. The molecular formula is C17H17NO4S. The van der Waals surface area contributed by atoms with Crippen molar-refractivity contribution in [2.75, 3.05) is 25.3 Å². The Morgan fingerprint density at radius 2 is 1.87 bits per heavy atom. The van der Waals surface area contributed by atoms with Gasteiger partial charge in [0, 0.05) is 16.6 Å². The van der Waals surface area contributed by atoms with Gasteiger partial charge >= 0.3 is 5.97 Å². The first-order valence-electron chi connectivity index (χ1n) is 6.87. The van der Waals surface area contributed by atoms with E-state index in [2.05, 4.69) is 5.32 Å². The Bertz CT molecular complexity index is 685. The van der Waals surface area contributed by atoms with E-state index in [4.69, 9.17) is 9.47 Å². The Kier molecular flexibility index (Phi) is 6.05. The second-order valence-corrected chi connectivity index (χ2v) is 5.46. The summed E-state index contributed by atoms with van der Waals surface area (Å²) >= 11 is 1.59. The van der Waals surface area contributed by atoms with Gasteiger partial charge in [-0.3, -0.25) is 4.79 Å². The minimum absolute atomic E-state index is 0.347. The molecule has 0 saturated carbocycles. The third-order valence-corrected chi connectivity index (χ3v) is 3.76.